The van der Waals surface area contributed by atoms with E-state index in [1.807, 2.05) is 6.07 Å². The van der Waals surface area contributed by atoms with Crippen LogP contribution >= 0.6 is 27.3 Å². The monoisotopic (exact) mass is 365 g/mol. The van der Waals surface area contributed by atoms with Gasteiger partial charge in [-0.05, 0) is 46.9 Å². The van der Waals surface area contributed by atoms with Gasteiger partial charge in [-0.2, -0.15) is 0 Å². The lowest BCUT2D eigenvalue weighted by molar-refractivity contribution is -0.0321. The highest BCUT2D eigenvalue weighted by molar-refractivity contribution is 9.10. The maximum atomic E-state index is 10.9. The standard InChI is InChI=1S/C17H20BrNOS/c18-15-9-16(21-12-15)10-17(20)7-4-8-19(13-17)11-14-5-2-1-3-6-14/h1-3,5-6,9,12,20H,4,7-8,10-11,13H2. The summed E-state index contributed by atoms with van der Waals surface area (Å²) < 4.78 is 1.11. The normalized spacial score (nSPS) is 23.3. The van der Waals surface area contributed by atoms with Gasteiger partial charge in [-0.3, -0.25) is 4.90 Å². The number of hydrogen-bond acceptors (Lipinski definition) is 3. The molecular weight excluding hydrogens is 346 g/mol. The molecule has 1 aromatic carbocycles. The number of thiophene rings is 1. The van der Waals surface area contributed by atoms with Crippen LogP contribution in [0.15, 0.2) is 46.3 Å². The summed E-state index contributed by atoms with van der Waals surface area (Å²) in [6.07, 6.45) is 2.72. The molecule has 3 rings (SSSR count). The van der Waals surface area contributed by atoms with Crippen LogP contribution in [0.4, 0.5) is 0 Å². The third-order valence-corrected chi connectivity index (χ3v) is 5.71. The lowest BCUT2D eigenvalue weighted by Crippen LogP contribution is -2.48. The molecule has 0 amide bonds. The molecule has 0 radical (unpaired) electrons. The molecule has 2 nitrogen and oxygen atoms in total. The SMILES string of the molecule is OC1(Cc2cc(Br)cs2)CCCN(Cc2ccccc2)C1. The van der Waals surface area contributed by atoms with Crippen molar-refractivity contribution in [2.45, 2.75) is 31.4 Å². The van der Waals surface area contributed by atoms with E-state index in [1.54, 1.807) is 11.3 Å². The molecule has 1 atom stereocenters. The molecule has 21 heavy (non-hydrogen) atoms. The first-order valence-electron chi connectivity index (χ1n) is 7.35. The molecule has 1 unspecified atom stereocenters. The van der Waals surface area contributed by atoms with Crippen LogP contribution in [-0.2, 0) is 13.0 Å². The minimum atomic E-state index is -0.586. The summed E-state index contributed by atoms with van der Waals surface area (Å²) in [5, 5.41) is 13.0. The van der Waals surface area contributed by atoms with Gasteiger partial charge in [0.1, 0.15) is 0 Å². The van der Waals surface area contributed by atoms with Crippen LogP contribution in [0.1, 0.15) is 23.3 Å². The highest BCUT2D eigenvalue weighted by atomic mass is 79.9. The topological polar surface area (TPSA) is 23.5 Å². The second-order valence-corrected chi connectivity index (χ2v) is 7.84. The molecular formula is C17H20BrNOS. The summed E-state index contributed by atoms with van der Waals surface area (Å²) in [6.45, 7) is 2.76. The van der Waals surface area contributed by atoms with Crippen molar-refractivity contribution in [3.05, 3.63) is 56.7 Å². The van der Waals surface area contributed by atoms with Crippen molar-refractivity contribution in [2.24, 2.45) is 0 Å². The lowest BCUT2D eigenvalue weighted by Gasteiger charge is -2.39. The van der Waals surface area contributed by atoms with Crippen molar-refractivity contribution in [3.8, 4) is 0 Å². The first-order valence-corrected chi connectivity index (χ1v) is 9.02. The Labute approximate surface area is 138 Å². The molecule has 0 saturated carbocycles. The van der Waals surface area contributed by atoms with Gasteiger partial charge in [0, 0.05) is 34.2 Å². The molecule has 4 heteroatoms. The Morgan fingerprint density at radius 2 is 2.10 bits per heavy atom. The number of rotatable bonds is 4. The molecule has 1 fully saturated rings. The average Bonchev–Trinajstić information content (AvgIpc) is 2.84. The van der Waals surface area contributed by atoms with Crippen molar-refractivity contribution < 1.29 is 5.11 Å². The summed E-state index contributed by atoms with van der Waals surface area (Å²) in [5.74, 6) is 0. The molecule has 2 aromatic rings. The molecule has 1 aliphatic heterocycles. The quantitative estimate of drug-likeness (QED) is 0.882. The lowest BCUT2D eigenvalue weighted by atomic mass is 9.89. The van der Waals surface area contributed by atoms with E-state index in [2.05, 4.69) is 56.5 Å². The number of aliphatic hydroxyl groups is 1. The molecule has 1 N–H and O–H groups in total. The van der Waals surface area contributed by atoms with Crippen molar-refractivity contribution in [1.29, 1.82) is 0 Å². The van der Waals surface area contributed by atoms with Crippen LogP contribution in [0.2, 0.25) is 0 Å². The Morgan fingerprint density at radius 1 is 1.29 bits per heavy atom. The fraction of sp³-hybridized carbons (Fsp3) is 0.412. The van der Waals surface area contributed by atoms with Crippen LogP contribution in [0.25, 0.3) is 0 Å². The van der Waals surface area contributed by atoms with Crippen LogP contribution in [0.3, 0.4) is 0 Å². The number of piperidine rings is 1. The number of benzene rings is 1. The number of nitrogens with zero attached hydrogens (tertiary/aromatic N) is 1. The van der Waals surface area contributed by atoms with Crippen LogP contribution in [-0.4, -0.2) is 28.7 Å². The molecule has 1 saturated heterocycles. The van der Waals surface area contributed by atoms with Gasteiger partial charge in [0.2, 0.25) is 0 Å². The Kier molecular flexibility index (Phi) is 4.79. The zero-order chi connectivity index (χ0) is 14.7. The van der Waals surface area contributed by atoms with E-state index < -0.39 is 5.60 Å². The second-order valence-electron chi connectivity index (χ2n) is 5.93. The Balaban J connectivity index is 1.64. The van der Waals surface area contributed by atoms with E-state index in [1.165, 1.54) is 10.4 Å². The largest absolute Gasteiger partial charge is 0.388 e. The highest BCUT2D eigenvalue weighted by Crippen LogP contribution is 2.30. The molecule has 2 heterocycles. The maximum absolute atomic E-state index is 10.9. The third-order valence-electron chi connectivity index (χ3n) is 4.01. The first kappa shape index (κ1) is 15.2. The summed E-state index contributed by atoms with van der Waals surface area (Å²) in [5.41, 5.74) is 0.734. The van der Waals surface area contributed by atoms with Gasteiger partial charge in [-0.25, -0.2) is 0 Å². The minimum absolute atomic E-state index is 0.586. The molecule has 1 aliphatic rings. The van der Waals surface area contributed by atoms with E-state index in [9.17, 15) is 5.11 Å². The Morgan fingerprint density at radius 3 is 2.81 bits per heavy atom. The van der Waals surface area contributed by atoms with E-state index in [0.29, 0.717) is 0 Å². The van der Waals surface area contributed by atoms with Gasteiger partial charge in [0.05, 0.1) is 5.60 Å². The predicted molar refractivity (Wildman–Crippen MR) is 91.6 cm³/mol. The van der Waals surface area contributed by atoms with Crippen molar-refractivity contribution in [1.82, 2.24) is 4.90 Å². The van der Waals surface area contributed by atoms with Crippen LogP contribution in [0.5, 0.6) is 0 Å². The van der Waals surface area contributed by atoms with E-state index in [-0.39, 0.29) is 0 Å². The van der Waals surface area contributed by atoms with Gasteiger partial charge in [0.15, 0.2) is 0 Å². The van der Waals surface area contributed by atoms with E-state index in [4.69, 9.17) is 0 Å². The van der Waals surface area contributed by atoms with Crippen molar-refractivity contribution in [2.75, 3.05) is 13.1 Å². The van der Waals surface area contributed by atoms with E-state index >= 15 is 0 Å². The van der Waals surface area contributed by atoms with Crippen molar-refractivity contribution in [3.63, 3.8) is 0 Å². The molecule has 0 spiro atoms. The van der Waals surface area contributed by atoms with Gasteiger partial charge >= 0.3 is 0 Å². The fourth-order valence-corrected chi connectivity index (χ4v) is 4.68. The zero-order valence-corrected chi connectivity index (χ0v) is 14.4. The molecule has 112 valence electrons. The summed E-state index contributed by atoms with van der Waals surface area (Å²) in [6, 6.07) is 12.6. The van der Waals surface area contributed by atoms with Gasteiger partial charge in [0.25, 0.3) is 0 Å². The van der Waals surface area contributed by atoms with E-state index in [0.717, 1.165) is 43.4 Å². The highest BCUT2D eigenvalue weighted by Gasteiger charge is 2.33. The average molecular weight is 366 g/mol. The molecule has 1 aromatic heterocycles. The van der Waals surface area contributed by atoms with Gasteiger partial charge in [-0.15, -0.1) is 11.3 Å². The zero-order valence-electron chi connectivity index (χ0n) is 12.0. The van der Waals surface area contributed by atoms with Crippen LogP contribution in [0, 0.1) is 0 Å². The van der Waals surface area contributed by atoms with Crippen LogP contribution < -0.4 is 0 Å². The van der Waals surface area contributed by atoms with Gasteiger partial charge in [-0.1, -0.05) is 30.3 Å². The number of likely N-dealkylation sites (tertiary alicyclic amines) is 1. The van der Waals surface area contributed by atoms with Gasteiger partial charge < -0.3 is 5.11 Å². The molecule has 0 bridgehead atoms. The third kappa shape index (κ3) is 4.16. The maximum Gasteiger partial charge on any atom is 0.0822 e. The number of β-amino-alcohol motifs (C(OH)–C–C–N with tert-alkyl or cyclic N) is 1. The minimum Gasteiger partial charge on any atom is -0.388 e. The predicted octanol–water partition coefficient (Wildman–Crippen LogP) is 4.08. The summed E-state index contributed by atoms with van der Waals surface area (Å²) >= 11 is 5.21. The second kappa shape index (κ2) is 6.61. The first-order chi connectivity index (χ1) is 10.1. The smallest absolute Gasteiger partial charge is 0.0822 e. The number of halogens is 1. The number of hydrogen-bond donors (Lipinski definition) is 1. The summed E-state index contributed by atoms with van der Waals surface area (Å²) in [7, 11) is 0. The summed E-state index contributed by atoms with van der Waals surface area (Å²) in [4.78, 5) is 3.63. The Hall–Kier alpha value is -0.680. The van der Waals surface area contributed by atoms with Crippen molar-refractivity contribution >= 4 is 27.3 Å². The fourth-order valence-electron chi connectivity index (χ4n) is 3.10. The molecule has 0 aliphatic carbocycles. The Bertz CT molecular complexity index is 585.